The number of anilines is 1. The third kappa shape index (κ3) is 5.86. The highest BCUT2D eigenvalue weighted by Crippen LogP contribution is 2.64. The van der Waals surface area contributed by atoms with Gasteiger partial charge in [0.05, 0.1) is 17.6 Å². The fourth-order valence-corrected chi connectivity index (χ4v) is 4.57. The molecule has 1 N–H and O–H groups in total. The van der Waals surface area contributed by atoms with Crippen LogP contribution in [0.4, 0.5) is 75.2 Å². The summed E-state index contributed by atoms with van der Waals surface area (Å²) >= 11 is 3.32. The highest BCUT2D eigenvalue weighted by Gasteiger charge is 2.95. The van der Waals surface area contributed by atoms with Gasteiger partial charge in [-0.3, -0.25) is 9.59 Å². The fourth-order valence-electron chi connectivity index (χ4n) is 3.30. The summed E-state index contributed by atoms with van der Waals surface area (Å²) in [5.41, 5.74) is -1.55. The number of methoxy groups -OCH3 is 1. The molecule has 0 aromatic carbocycles. The Balaban J connectivity index is 3.76. The van der Waals surface area contributed by atoms with Crippen molar-refractivity contribution >= 4 is 45.7 Å². The van der Waals surface area contributed by atoms with Crippen LogP contribution < -0.4 is 5.32 Å². The molecule has 0 bridgehead atoms. The Kier molecular flexibility index (Phi) is 10.9. The zero-order valence-corrected chi connectivity index (χ0v) is 23.9. The topological polar surface area (TPSA) is 75.7 Å². The van der Waals surface area contributed by atoms with Crippen molar-refractivity contribution in [2.45, 2.75) is 67.6 Å². The molecule has 0 saturated carbocycles. The van der Waals surface area contributed by atoms with Gasteiger partial charge in [-0.1, -0.05) is 0 Å². The first-order valence-corrected chi connectivity index (χ1v) is 12.6. The van der Waals surface area contributed by atoms with E-state index in [1.54, 1.807) is 0 Å². The van der Waals surface area contributed by atoms with E-state index in [4.69, 9.17) is 0 Å². The number of carbonyl (C=O) groups is 3. The number of hydrogen-bond acceptors (Lipinski definition) is 5. The molecule has 0 unspecified atom stereocenters. The molecule has 6 nitrogen and oxygen atoms in total. The van der Waals surface area contributed by atoms with Crippen LogP contribution in [0.25, 0.3) is 0 Å². The molecule has 0 aliphatic carbocycles. The molecule has 1 aromatic heterocycles. The van der Waals surface area contributed by atoms with Crippen molar-refractivity contribution in [2.75, 3.05) is 25.5 Å². The lowest BCUT2D eigenvalue weighted by atomic mass is 9.89. The van der Waals surface area contributed by atoms with Crippen LogP contribution in [0.5, 0.6) is 0 Å². The maximum absolute atomic E-state index is 14.4. The van der Waals surface area contributed by atoms with E-state index >= 15 is 0 Å². The molecule has 45 heavy (non-hydrogen) atoms. The van der Waals surface area contributed by atoms with Gasteiger partial charge in [-0.2, -0.15) is 70.2 Å². The van der Waals surface area contributed by atoms with Crippen molar-refractivity contribution in [3.8, 4) is 0 Å². The molecule has 1 heterocycles. The Morgan fingerprint density at radius 3 is 1.47 bits per heavy atom. The maximum atomic E-state index is 14.4. The molecule has 0 radical (unpaired) electrons. The minimum atomic E-state index is -8.76. The van der Waals surface area contributed by atoms with E-state index in [1.807, 2.05) is 0 Å². The van der Waals surface area contributed by atoms with Crippen molar-refractivity contribution in [1.82, 2.24) is 4.90 Å². The number of rotatable bonds is 13. The minimum absolute atomic E-state index is 0.0341. The fraction of sp³-hybridized carbons (Fsp3) is 0.667. The molecule has 260 valence electrons. The Morgan fingerprint density at radius 1 is 0.733 bits per heavy atom. The SMILES string of the molecule is CCN(CC)C(=O)c1sc(NC(=O)C(F)(F)C(F)(F)C(F)(F)C(F)(F)C(F)(F)C(F)(F)C(F)(F)C(F)(F)Cl)c(C(=O)OC)c1C. The molecular weight excluding hydrogens is 716 g/mol. The first-order chi connectivity index (χ1) is 19.8. The number of amides is 2. The molecule has 0 aliphatic heterocycles. The number of thiophene rings is 1. The van der Waals surface area contributed by atoms with E-state index in [2.05, 4.69) is 16.3 Å². The van der Waals surface area contributed by atoms with Crippen LogP contribution in [-0.2, 0) is 9.53 Å². The maximum Gasteiger partial charge on any atom is 0.393 e. The third-order valence-electron chi connectivity index (χ3n) is 6.02. The van der Waals surface area contributed by atoms with Crippen molar-refractivity contribution in [3.63, 3.8) is 0 Å². The van der Waals surface area contributed by atoms with Crippen LogP contribution in [0, 0.1) is 6.92 Å². The van der Waals surface area contributed by atoms with Gasteiger partial charge < -0.3 is 15.0 Å². The molecule has 2 amide bonds. The lowest BCUT2D eigenvalue weighted by Gasteiger charge is -2.42. The van der Waals surface area contributed by atoms with Gasteiger partial charge in [0.15, 0.2) is 0 Å². The molecule has 0 fully saturated rings. The summed E-state index contributed by atoms with van der Waals surface area (Å²) in [4.78, 5) is 37.3. The van der Waals surface area contributed by atoms with Gasteiger partial charge in [-0.15, -0.1) is 11.3 Å². The monoisotopic (exact) mass is 732 g/mol. The van der Waals surface area contributed by atoms with Gasteiger partial charge in [0.1, 0.15) is 5.00 Å². The third-order valence-corrected chi connectivity index (χ3v) is 7.45. The molecule has 24 heteroatoms. The summed E-state index contributed by atoms with van der Waals surface area (Å²) < 4.78 is 224. The van der Waals surface area contributed by atoms with Crippen molar-refractivity contribution < 1.29 is 89.4 Å². The summed E-state index contributed by atoms with van der Waals surface area (Å²) in [6.45, 7) is 3.70. The quantitative estimate of drug-likeness (QED) is 0.129. The smallest absolute Gasteiger partial charge is 0.393 e. The lowest BCUT2D eigenvalue weighted by molar-refractivity contribution is -0.445. The predicted octanol–water partition coefficient (Wildman–Crippen LogP) is 7.54. The standard InChI is InChI=1S/C21H17ClF16N2O4S/c1-5-40(6-2)11(41)9-7(3)8(12(42)44-4)10(45-9)39-13(43)14(23,24)15(25,26)16(27,28)17(29,30)18(31,32)19(33,34)20(35,36)21(22,37)38/h5-6H2,1-4H3,(H,39,43). The van der Waals surface area contributed by atoms with Crippen LogP contribution in [0.15, 0.2) is 0 Å². The van der Waals surface area contributed by atoms with E-state index in [0.29, 0.717) is 7.11 Å². The molecule has 0 atom stereocenters. The summed E-state index contributed by atoms with van der Waals surface area (Å²) in [6, 6.07) is 0. The summed E-state index contributed by atoms with van der Waals surface area (Å²) in [5.74, 6) is -64.4. The van der Waals surface area contributed by atoms with Crippen LogP contribution >= 0.6 is 22.9 Å². The highest BCUT2D eigenvalue weighted by atomic mass is 35.5. The van der Waals surface area contributed by atoms with Gasteiger partial charge in [0.2, 0.25) is 0 Å². The number of halogens is 17. The summed E-state index contributed by atoms with van der Waals surface area (Å²) in [5, 5.41) is -7.56. The lowest BCUT2D eigenvalue weighted by Crippen LogP contribution is -2.75. The first kappa shape index (κ1) is 40.3. The largest absolute Gasteiger partial charge is 0.465 e. The first-order valence-electron chi connectivity index (χ1n) is 11.4. The van der Waals surface area contributed by atoms with Gasteiger partial charge in [-0.05, 0) is 37.9 Å². The number of esters is 1. The van der Waals surface area contributed by atoms with Crippen molar-refractivity contribution in [2.24, 2.45) is 0 Å². The number of nitrogens with one attached hydrogen (secondary N) is 1. The van der Waals surface area contributed by atoms with Gasteiger partial charge in [0, 0.05) is 13.1 Å². The number of nitrogens with zero attached hydrogens (tertiary/aromatic N) is 1. The number of carbonyl (C=O) groups excluding carboxylic acids is 3. The van der Waals surface area contributed by atoms with E-state index < -0.39 is 85.6 Å². The van der Waals surface area contributed by atoms with E-state index in [1.165, 1.54) is 13.8 Å². The summed E-state index contributed by atoms with van der Waals surface area (Å²) in [6.07, 6.45) is 0. The minimum Gasteiger partial charge on any atom is -0.465 e. The molecule has 0 aliphatic rings. The zero-order valence-electron chi connectivity index (χ0n) is 22.3. The zero-order chi connectivity index (χ0) is 36.2. The van der Waals surface area contributed by atoms with Crippen molar-refractivity contribution in [1.29, 1.82) is 0 Å². The van der Waals surface area contributed by atoms with E-state index in [9.17, 15) is 84.6 Å². The average Bonchev–Trinajstić information content (AvgIpc) is 3.22. The van der Waals surface area contributed by atoms with Crippen molar-refractivity contribution in [3.05, 3.63) is 16.0 Å². The second-order valence-corrected chi connectivity index (χ2v) is 10.2. The number of hydrogen-bond donors (Lipinski definition) is 1. The van der Waals surface area contributed by atoms with Crippen LogP contribution in [-0.4, -0.2) is 89.7 Å². The Labute approximate surface area is 249 Å². The molecular formula is C21H17ClF16N2O4S. The Bertz CT molecular complexity index is 1310. The molecule has 1 rings (SSSR count). The second kappa shape index (κ2) is 12.1. The van der Waals surface area contributed by atoms with Crippen LogP contribution in [0.1, 0.15) is 39.4 Å². The van der Waals surface area contributed by atoms with Gasteiger partial charge in [0.25, 0.3) is 5.91 Å². The van der Waals surface area contributed by atoms with Gasteiger partial charge >= 0.3 is 58.7 Å². The number of alkyl halides is 17. The van der Waals surface area contributed by atoms with Gasteiger partial charge in [-0.25, -0.2) is 4.79 Å². The molecule has 0 saturated heterocycles. The Hall–Kier alpha value is -2.72. The van der Waals surface area contributed by atoms with Crippen LogP contribution in [0.3, 0.4) is 0 Å². The molecule has 1 aromatic rings. The average molecular weight is 733 g/mol. The normalized spacial score (nSPS) is 14.3. The Morgan fingerprint density at radius 2 is 1.11 bits per heavy atom. The molecule has 0 spiro atoms. The predicted molar refractivity (Wildman–Crippen MR) is 122 cm³/mol. The second-order valence-electron chi connectivity index (χ2n) is 8.70. The van der Waals surface area contributed by atoms with Crippen LogP contribution in [0.2, 0.25) is 0 Å². The number of ether oxygens (including phenoxy) is 1. The van der Waals surface area contributed by atoms with E-state index in [-0.39, 0.29) is 24.4 Å². The van der Waals surface area contributed by atoms with E-state index in [0.717, 1.165) is 17.1 Å². The highest BCUT2D eigenvalue weighted by molar-refractivity contribution is 7.18. The summed E-state index contributed by atoms with van der Waals surface area (Å²) in [7, 11) is 0.627.